The maximum absolute atomic E-state index is 12.3. The molecular formula is C24H29ClN2O4. The van der Waals surface area contributed by atoms with E-state index < -0.39 is 0 Å². The molecule has 2 aromatic rings. The molecule has 31 heavy (non-hydrogen) atoms. The number of amides is 1. The van der Waals surface area contributed by atoms with Crippen molar-refractivity contribution < 1.29 is 19.0 Å². The number of hydrogen-bond donors (Lipinski definition) is 2. The zero-order valence-corrected chi connectivity index (χ0v) is 18.7. The maximum Gasteiger partial charge on any atom is 0.248 e. The van der Waals surface area contributed by atoms with Crippen LogP contribution >= 0.6 is 11.6 Å². The van der Waals surface area contributed by atoms with Gasteiger partial charge in [-0.1, -0.05) is 18.5 Å². The summed E-state index contributed by atoms with van der Waals surface area (Å²) in [6, 6.07) is 11.7. The Morgan fingerprint density at radius 2 is 1.90 bits per heavy atom. The van der Waals surface area contributed by atoms with E-state index in [0.29, 0.717) is 29.2 Å². The molecule has 2 aromatic carbocycles. The SMILES string of the molecule is CCCOc1c(Cl)cc(/C=C/C(=O)Nc2ccc(NC3CCOCC3)cc2)cc1OC. The third-order valence-corrected chi connectivity index (χ3v) is 5.15. The van der Waals surface area contributed by atoms with Crippen LogP contribution in [0, 0.1) is 0 Å². The van der Waals surface area contributed by atoms with Gasteiger partial charge in [-0.15, -0.1) is 0 Å². The van der Waals surface area contributed by atoms with Crippen LogP contribution in [0.2, 0.25) is 5.02 Å². The number of anilines is 2. The van der Waals surface area contributed by atoms with Gasteiger partial charge in [-0.3, -0.25) is 4.79 Å². The van der Waals surface area contributed by atoms with Gasteiger partial charge >= 0.3 is 0 Å². The van der Waals surface area contributed by atoms with Gasteiger partial charge in [0, 0.05) is 36.7 Å². The Balaban J connectivity index is 1.58. The van der Waals surface area contributed by atoms with Gasteiger partial charge in [-0.05, 0) is 67.3 Å². The van der Waals surface area contributed by atoms with Gasteiger partial charge in [0.2, 0.25) is 5.91 Å². The lowest BCUT2D eigenvalue weighted by molar-refractivity contribution is -0.111. The van der Waals surface area contributed by atoms with E-state index in [9.17, 15) is 4.79 Å². The Morgan fingerprint density at radius 1 is 1.19 bits per heavy atom. The number of halogens is 1. The van der Waals surface area contributed by atoms with Crippen LogP contribution < -0.4 is 20.1 Å². The first-order chi connectivity index (χ1) is 15.1. The monoisotopic (exact) mass is 444 g/mol. The average molecular weight is 445 g/mol. The minimum atomic E-state index is -0.230. The van der Waals surface area contributed by atoms with Crippen LogP contribution in [0.4, 0.5) is 11.4 Å². The summed E-state index contributed by atoms with van der Waals surface area (Å²) < 4.78 is 16.4. The fourth-order valence-electron chi connectivity index (χ4n) is 3.26. The second-order valence-electron chi connectivity index (χ2n) is 7.31. The first kappa shape index (κ1) is 23.0. The maximum atomic E-state index is 12.3. The van der Waals surface area contributed by atoms with E-state index in [-0.39, 0.29) is 5.91 Å². The van der Waals surface area contributed by atoms with E-state index in [4.69, 9.17) is 25.8 Å². The Morgan fingerprint density at radius 3 is 2.58 bits per heavy atom. The molecule has 0 atom stereocenters. The van der Waals surface area contributed by atoms with Crippen molar-refractivity contribution in [2.75, 3.05) is 37.6 Å². The van der Waals surface area contributed by atoms with Crippen molar-refractivity contribution in [1.82, 2.24) is 0 Å². The zero-order chi connectivity index (χ0) is 22.1. The van der Waals surface area contributed by atoms with Crippen molar-refractivity contribution in [2.45, 2.75) is 32.2 Å². The average Bonchev–Trinajstić information content (AvgIpc) is 2.78. The van der Waals surface area contributed by atoms with E-state index in [0.717, 1.165) is 49.4 Å². The Labute approximate surface area is 188 Å². The molecule has 7 heteroatoms. The summed E-state index contributed by atoms with van der Waals surface area (Å²) in [7, 11) is 1.56. The first-order valence-electron chi connectivity index (χ1n) is 10.5. The predicted octanol–water partition coefficient (Wildman–Crippen LogP) is 5.38. The fraction of sp³-hybridized carbons (Fsp3) is 0.375. The Bertz CT molecular complexity index is 893. The van der Waals surface area contributed by atoms with Crippen LogP contribution in [0.5, 0.6) is 11.5 Å². The van der Waals surface area contributed by atoms with Crippen LogP contribution in [0.3, 0.4) is 0 Å². The zero-order valence-electron chi connectivity index (χ0n) is 17.9. The molecule has 1 fully saturated rings. The summed E-state index contributed by atoms with van der Waals surface area (Å²) in [6.45, 7) is 4.16. The van der Waals surface area contributed by atoms with Crippen molar-refractivity contribution in [1.29, 1.82) is 0 Å². The number of carbonyl (C=O) groups excluding carboxylic acids is 1. The lowest BCUT2D eigenvalue weighted by Crippen LogP contribution is -2.27. The van der Waals surface area contributed by atoms with Gasteiger partial charge < -0.3 is 24.8 Å². The van der Waals surface area contributed by atoms with Crippen LogP contribution in [0.15, 0.2) is 42.5 Å². The molecule has 1 heterocycles. The van der Waals surface area contributed by atoms with E-state index in [1.165, 1.54) is 6.08 Å². The molecule has 166 valence electrons. The largest absolute Gasteiger partial charge is 0.493 e. The summed E-state index contributed by atoms with van der Waals surface area (Å²) in [5.74, 6) is 0.822. The first-order valence-corrected chi connectivity index (χ1v) is 10.9. The summed E-state index contributed by atoms with van der Waals surface area (Å²) in [6.07, 6.45) is 6.03. The number of carbonyl (C=O) groups is 1. The molecule has 1 amide bonds. The topological polar surface area (TPSA) is 68.8 Å². The lowest BCUT2D eigenvalue weighted by Gasteiger charge is -2.24. The summed E-state index contributed by atoms with van der Waals surface area (Å²) in [4.78, 5) is 12.3. The third kappa shape index (κ3) is 6.91. The molecule has 2 N–H and O–H groups in total. The lowest BCUT2D eigenvalue weighted by atomic mass is 10.1. The summed E-state index contributed by atoms with van der Waals surface area (Å²) in [5, 5.41) is 6.81. The van der Waals surface area contributed by atoms with Crippen LogP contribution in [-0.2, 0) is 9.53 Å². The standard InChI is InChI=1S/C24H29ClN2O4/c1-3-12-31-24-21(25)15-17(16-22(24)29-2)4-9-23(28)27-19-7-5-18(6-8-19)26-20-10-13-30-14-11-20/h4-9,15-16,20,26H,3,10-14H2,1-2H3,(H,27,28)/b9-4+. The van der Waals surface area contributed by atoms with Gasteiger partial charge in [0.1, 0.15) is 0 Å². The highest BCUT2D eigenvalue weighted by atomic mass is 35.5. The molecule has 1 aliphatic rings. The van der Waals surface area contributed by atoms with E-state index >= 15 is 0 Å². The fourth-order valence-corrected chi connectivity index (χ4v) is 3.54. The highest BCUT2D eigenvalue weighted by molar-refractivity contribution is 6.32. The molecule has 0 bridgehead atoms. The molecule has 1 saturated heterocycles. The normalized spacial score (nSPS) is 14.4. The summed E-state index contributed by atoms with van der Waals surface area (Å²) >= 11 is 6.33. The molecule has 6 nitrogen and oxygen atoms in total. The number of ether oxygens (including phenoxy) is 3. The molecule has 0 spiro atoms. The second-order valence-corrected chi connectivity index (χ2v) is 7.72. The molecule has 3 rings (SSSR count). The number of rotatable bonds is 9. The molecule has 0 saturated carbocycles. The minimum absolute atomic E-state index is 0.230. The van der Waals surface area contributed by atoms with E-state index in [2.05, 4.69) is 10.6 Å². The predicted molar refractivity (Wildman–Crippen MR) is 125 cm³/mol. The van der Waals surface area contributed by atoms with Crippen molar-refractivity contribution in [2.24, 2.45) is 0 Å². The highest BCUT2D eigenvalue weighted by Crippen LogP contribution is 2.36. The molecule has 0 aromatic heterocycles. The van der Waals surface area contributed by atoms with Crippen LogP contribution in [0.1, 0.15) is 31.7 Å². The molecule has 1 aliphatic heterocycles. The smallest absolute Gasteiger partial charge is 0.248 e. The van der Waals surface area contributed by atoms with Crippen molar-refractivity contribution in [3.05, 3.63) is 53.1 Å². The van der Waals surface area contributed by atoms with Crippen molar-refractivity contribution >= 4 is 35.0 Å². The number of benzene rings is 2. The molecular weight excluding hydrogens is 416 g/mol. The van der Waals surface area contributed by atoms with Gasteiger partial charge in [0.15, 0.2) is 11.5 Å². The second kappa shape index (κ2) is 11.6. The van der Waals surface area contributed by atoms with Crippen LogP contribution in [-0.4, -0.2) is 38.9 Å². The van der Waals surface area contributed by atoms with Gasteiger partial charge in [0.25, 0.3) is 0 Å². The van der Waals surface area contributed by atoms with Crippen LogP contribution in [0.25, 0.3) is 6.08 Å². The van der Waals surface area contributed by atoms with Crippen molar-refractivity contribution in [3.63, 3.8) is 0 Å². The number of nitrogens with one attached hydrogen (secondary N) is 2. The third-order valence-electron chi connectivity index (χ3n) is 4.87. The Hall–Kier alpha value is -2.70. The van der Waals surface area contributed by atoms with E-state index in [1.54, 1.807) is 25.3 Å². The summed E-state index contributed by atoms with van der Waals surface area (Å²) in [5.41, 5.74) is 2.51. The molecule has 0 aliphatic carbocycles. The molecule has 0 unspecified atom stereocenters. The van der Waals surface area contributed by atoms with Crippen molar-refractivity contribution in [3.8, 4) is 11.5 Å². The molecule has 0 radical (unpaired) electrons. The van der Waals surface area contributed by atoms with Gasteiger partial charge in [0.05, 0.1) is 18.7 Å². The van der Waals surface area contributed by atoms with Gasteiger partial charge in [-0.2, -0.15) is 0 Å². The Kier molecular flexibility index (Phi) is 8.62. The number of methoxy groups -OCH3 is 1. The van der Waals surface area contributed by atoms with Gasteiger partial charge in [-0.25, -0.2) is 0 Å². The number of hydrogen-bond acceptors (Lipinski definition) is 5. The quantitative estimate of drug-likeness (QED) is 0.508. The highest BCUT2D eigenvalue weighted by Gasteiger charge is 2.13. The minimum Gasteiger partial charge on any atom is -0.493 e. The van der Waals surface area contributed by atoms with E-state index in [1.807, 2.05) is 31.2 Å².